The predicted molar refractivity (Wildman–Crippen MR) is 111 cm³/mol. The first kappa shape index (κ1) is 24.6. The quantitative estimate of drug-likeness (QED) is 0.563. The van der Waals surface area contributed by atoms with Crippen LogP contribution in [0.25, 0.3) is 0 Å². The number of rotatable bonds is 7. The molecule has 0 spiro atoms. The summed E-state index contributed by atoms with van der Waals surface area (Å²) < 4.78 is 30.7. The highest BCUT2D eigenvalue weighted by Crippen LogP contribution is 2.45. The molecule has 2 aliphatic heterocycles. The van der Waals surface area contributed by atoms with Crippen LogP contribution in [-0.4, -0.2) is 48.6 Å². The van der Waals surface area contributed by atoms with Gasteiger partial charge in [0.15, 0.2) is 11.6 Å². The molecule has 1 unspecified atom stereocenters. The van der Waals surface area contributed by atoms with Crippen LogP contribution in [0.4, 0.5) is 0 Å². The first-order valence-corrected chi connectivity index (χ1v) is 11.2. The normalized spacial score (nSPS) is 30.3. The van der Waals surface area contributed by atoms with Crippen molar-refractivity contribution in [2.75, 3.05) is 13.2 Å². The van der Waals surface area contributed by atoms with E-state index in [-0.39, 0.29) is 24.1 Å². The van der Waals surface area contributed by atoms with Gasteiger partial charge in [0.2, 0.25) is 0 Å². The fraction of sp³-hybridized carbons (Fsp3) is 0.957. The Bertz CT molecular complexity index is 544. The van der Waals surface area contributed by atoms with Gasteiger partial charge in [-0.05, 0) is 53.4 Å². The summed E-state index contributed by atoms with van der Waals surface area (Å²) in [6, 6.07) is 0. The van der Waals surface area contributed by atoms with Crippen LogP contribution in [0, 0.1) is 17.8 Å². The lowest BCUT2D eigenvalue weighted by Crippen LogP contribution is -2.56. The van der Waals surface area contributed by atoms with Gasteiger partial charge in [0.1, 0.15) is 11.5 Å². The molecule has 2 saturated heterocycles. The number of ether oxygens (including phenoxy) is 5. The maximum absolute atomic E-state index is 13.0. The van der Waals surface area contributed by atoms with Crippen molar-refractivity contribution in [2.24, 2.45) is 17.8 Å². The lowest BCUT2D eigenvalue weighted by atomic mass is 9.77. The summed E-state index contributed by atoms with van der Waals surface area (Å²) in [6.07, 6.45) is 1.98. The van der Waals surface area contributed by atoms with Crippen LogP contribution in [0.3, 0.4) is 0 Å². The maximum atomic E-state index is 13.0. The van der Waals surface area contributed by atoms with Crippen molar-refractivity contribution >= 4 is 5.97 Å². The Hall–Kier alpha value is -0.690. The van der Waals surface area contributed by atoms with Crippen molar-refractivity contribution in [3.63, 3.8) is 0 Å². The van der Waals surface area contributed by atoms with Gasteiger partial charge < -0.3 is 23.7 Å². The Morgan fingerprint density at radius 2 is 1.69 bits per heavy atom. The van der Waals surface area contributed by atoms with Crippen LogP contribution in [0.5, 0.6) is 0 Å². The van der Waals surface area contributed by atoms with Crippen LogP contribution in [0.15, 0.2) is 0 Å². The van der Waals surface area contributed by atoms with E-state index in [0.717, 1.165) is 6.42 Å². The number of carbonyl (C=O) groups is 1. The molecule has 0 radical (unpaired) electrons. The molecule has 0 N–H and O–H groups in total. The fourth-order valence-electron chi connectivity index (χ4n) is 4.66. The average Bonchev–Trinajstić information content (AvgIpc) is 3.03. The van der Waals surface area contributed by atoms with Gasteiger partial charge in [-0.15, -0.1) is 0 Å². The number of hydrogen-bond donors (Lipinski definition) is 0. The SMILES string of the molecule is CCC(C(=O)OC(C)(C)C)C1(C[C@@H]2[C@@H](CC)OC(C)(C)O[C@H]2C(C)C)OCCO1. The van der Waals surface area contributed by atoms with E-state index >= 15 is 0 Å². The largest absolute Gasteiger partial charge is 0.460 e. The summed E-state index contributed by atoms with van der Waals surface area (Å²) in [7, 11) is 0. The number of hydrogen-bond acceptors (Lipinski definition) is 6. The lowest BCUT2D eigenvalue weighted by molar-refractivity contribution is -0.340. The van der Waals surface area contributed by atoms with Gasteiger partial charge in [-0.1, -0.05) is 27.7 Å². The van der Waals surface area contributed by atoms with Crippen LogP contribution in [-0.2, 0) is 28.5 Å². The molecule has 0 saturated carbocycles. The molecule has 2 rings (SSSR count). The second-order valence-electron chi connectivity index (χ2n) is 10.2. The van der Waals surface area contributed by atoms with Gasteiger partial charge in [-0.3, -0.25) is 4.79 Å². The molecule has 0 bridgehead atoms. The van der Waals surface area contributed by atoms with Gasteiger partial charge >= 0.3 is 5.97 Å². The highest BCUT2D eigenvalue weighted by atomic mass is 16.7. The van der Waals surface area contributed by atoms with Crippen molar-refractivity contribution in [1.29, 1.82) is 0 Å². The minimum Gasteiger partial charge on any atom is -0.460 e. The molecule has 0 aliphatic carbocycles. The summed E-state index contributed by atoms with van der Waals surface area (Å²) >= 11 is 0. The zero-order chi connectivity index (χ0) is 22.0. The van der Waals surface area contributed by atoms with Gasteiger partial charge in [-0.25, -0.2) is 0 Å². The number of carbonyl (C=O) groups excluding carboxylic acids is 1. The Labute approximate surface area is 176 Å². The summed E-state index contributed by atoms with van der Waals surface area (Å²) in [5.41, 5.74) is -0.558. The summed E-state index contributed by atoms with van der Waals surface area (Å²) in [4.78, 5) is 13.0. The lowest BCUT2D eigenvalue weighted by Gasteiger charge is -2.50. The fourth-order valence-corrected chi connectivity index (χ4v) is 4.66. The Morgan fingerprint density at radius 3 is 2.14 bits per heavy atom. The monoisotopic (exact) mass is 414 g/mol. The first-order chi connectivity index (χ1) is 13.3. The van der Waals surface area contributed by atoms with E-state index in [4.69, 9.17) is 23.7 Å². The molecule has 0 aromatic heterocycles. The minimum atomic E-state index is -1.00. The molecule has 6 nitrogen and oxygen atoms in total. The van der Waals surface area contributed by atoms with Crippen molar-refractivity contribution < 1.29 is 28.5 Å². The van der Waals surface area contributed by atoms with Gasteiger partial charge in [0.25, 0.3) is 0 Å². The van der Waals surface area contributed by atoms with Crippen LogP contribution in [0.2, 0.25) is 0 Å². The second-order valence-corrected chi connectivity index (χ2v) is 10.2. The standard InChI is InChI=1S/C23H42O6/c1-10-17(20(24)29-21(5,6)7)23(25-12-13-26-23)14-16-18(11-2)27-22(8,9)28-19(16)15(3)4/h15-19H,10-14H2,1-9H3/t16-,17?,18-,19+/m1/s1. The molecule has 0 amide bonds. The third-order valence-electron chi connectivity index (χ3n) is 5.74. The van der Waals surface area contributed by atoms with Crippen molar-refractivity contribution in [1.82, 2.24) is 0 Å². The molecule has 29 heavy (non-hydrogen) atoms. The van der Waals surface area contributed by atoms with E-state index in [1.54, 1.807) is 0 Å². The molecule has 6 heteroatoms. The second kappa shape index (κ2) is 9.21. The predicted octanol–water partition coefficient (Wildman–Crippen LogP) is 4.69. The van der Waals surface area contributed by atoms with Gasteiger partial charge in [0, 0.05) is 12.3 Å². The van der Waals surface area contributed by atoms with Crippen LogP contribution < -0.4 is 0 Å². The number of esters is 1. The first-order valence-electron chi connectivity index (χ1n) is 11.2. The molecule has 0 aromatic rings. The van der Waals surface area contributed by atoms with Gasteiger partial charge in [0.05, 0.1) is 25.4 Å². The summed E-state index contributed by atoms with van der Waals surface area (Å²) in [6.45, 7) is 19.0. The van der Waals surface area contributed by atoms with E-state index in [2.05, 4.69) is 20.8 Å². The third kappa shape index (κ3) is 5.93. The topological polar surface area (TPSA) is 63.2 Å². The molecular formula is C23H42O6. The van der Waals surface area contributed by atoms with Crippen molar-refractivity contribution in [3.8, 4) is 0 Å². The molecular weight excluding hydrogens is 372 g/mol. The highest BCUT2D eigenvalue weighted by molar-refractivity contribution is 5.74. The Kier molecular flexibility index (Phi) is 7.80. The zero-order valence-corrected chi connectivity index (χ0v) is 19.9. The molecule has 2 heterocycles. The summed E-state index contributed by atoms with van der Waals surface area (Å²) in [5.74, 6) is -2.04. The minimum absolute atomic E-state index is 0.00645. The van der Waals surface area contributed by atoms with Crippen molar-refractivity contribution in [3.05, 3.63) is 0 Å². The highest BCUT2D eigenvalue weighted by Gasteiger charge is 2.54. The smallest absolute Gasteiger partial charge is 0.314 e. The zero-order valence-electron chi connectivity index (χ0n) is 19.9. The average molecular weight is 415 g/mol. The molecule has 170 valence electrons. The Morgan fingerprint density at radius 1 is 1.10 bits per heavy atom. The Balaban J connectivity index is 2.34. The van der Waals surface area contributed by atoms with Crippen LogP contribution in [0.1, 0.15) is 81.6 Å². The van der Waals surface area contributed by atoms with Crippen molar-refractivity contribution in [2.45, 2.75) is 111 Å². The third-order valence-corrected chi connectivity index (χ3v) is 5.74. The molecule has 0 aromatic carbocycles. The van der Waals surface area contributed by atoms with Gasteiger partial charge in [-0.2, -0.15) is 0 Å². The maximum Gasteiger partial charge on any atom is 0.314 e. The molecule has 4 atom stereocenters. The summed E-state index contributed by atoms with van der Waals surface area (Å²) in [5, 5.41) is 0. The van der Waals surface area contributed by atoms with E-state index in [1.165, 1.54) is 0 Å². The van der Waals surface area contributed by atoms with E-state index < -0.39 is 23.1 Å². The molecule has 2 aliphatic rings. The molecule has 2 fully saturated rings. The van der Waals surface area contributed by atoms with E-state index in [9.17, 15) is 4.79 Å². The van der Waals surface area contributed by atoms with Crippen LogP contribution >= 0.6 is 0 Å². The van der Waals surface area contributed by atoms with E-state index in [1.807, 2.05) is 41.5 Å². The van der Waals surface area contributed by atoms with E-state index in [0.29, 0.717) is 32.0 Å².